The summed E-state index contributed by atoms with van der Waals surface area (Å²) >= 11 is 0. The molecule has 0 radical (unpaired) electrons. The molecule has 26 heavy (non-hydrogen) atoms. The quantitative estimate of drug-likeness (QED) is 0.652. The van der Waals surface area contributed by atoms with E-state index >= 15 is 0 Å². The molecule has 1 aromatic carbocycles. The molecule has 8 heteroatoms. The lowest BCUT2D eigenvalue weighted by Crippen LogP contribution is -2.12. The first-order chi connectivity index (χ1) is 12.6. The number of aromatic nitrogens is 4. The van der Waals surface area contributed by atoms with Crippen LogP contribution in [0.15, 0.2) is 24.3 Å². The van der Waals surface area contributed by atoms with Crippen molar-refractivity contribution in [1.29, 1.82) is 0 Å². The number of carbonyl (C=O) groups excluding carboxylic acids is 1. The molecule has 0 bridgehead atoms. The Morgan fingerprint density at radius 2 is 2.27 bits per heavy atom. The standard InChI is InChI=1S/C18H22N6O2/c1-24(2)9-17-20-13-4-3-12(7-15(13)21-17)19-18(25)16-8-14(22-23-16)11-5-6-26-10-11/h3-4,7-8,11H,5-6,9-10H2,1-2H3,(H,19,25)(H,20,21)(H,22,23). The summed E-state index contributed by atoms with van der Waals surface area (Å²) in [5, 5.41) is 9.98. The van der Waals surface area contributed by atoms with Gasteiger partial charge in [-0.15, -0.1) is 0 Å². The van der Waals surface area contributed by atoms with Gasteiger partial charge in [-0.05, 0) is 44.8 Å². The molecule has 0 spiro atoms. The minimum absolute atomic E-state index is 0.237. The zero-order valence-corrected chi connectivity index (χ0v) is 14.9. The molecule has 0 aliphatic carbocycles. The zero-order chi connectivity index (χ0) is 18.1. The Morgan fingerprint density at radius 1 is 1.38 bits per heavy atom. The number of carbonyl (C=O) groups is 1. The van der Waals surface area contributed by atoms with Gasteiger partial charge < -0.3 is 19.9 Å². The predicted molar refractivity (Wildman–Crippen MR) is 98.2 cm³/mol. The highest BCUT2D eigenvalue weighted by atomic mass is 16.5. The molecule has 1 amide bonds. The number of ether oxygens (including phenoxy) is 1. The number of H-pyrrole nitrogens is 2. The van der Waals surface area contributed by atoms with Gasteiger partial charge in [0.2, 0.25) is 0 Å². The Hall–Kier alpha value is -2.71. The second-order valence-corrected chi connectivity index (χ2v) is 6.88. The van der Waals surface area contributed by atoms with E-state index in [0.717, 1.165) is 42.1 Å². The molecule has 3 heterocycles. The minimum atomic E-state index is -0.237. The fourth-order valence-electron chi connectivity index (χ4n) is 3.15. The number of nitrogens with one attached hydrogen (secondary N) is 3. The van der Waals surface area contributed by atoms with Gasteiger partial charge in [-0.2, -0.15) is 5.10 Å². The third-order valence-corrected chi connectivity index (χ3v) is 4.45. The van der Waals surface area contributed by atoms with Crippen molar-refractivity contribution >= 4 is 22.6 Å². The van der Waals surface area contributed by atoms with Crippen LogP contribution in [0.1, 0.15) is 34.3 Å². The molecular weight excluding hydrogens is 332 g/mol. The summed E-state index contributed by atoms with van der Waals surface area (Å²) < 4.78 is 5.38. The lowest BCUT2D eigenvalue weighted by atomic mass is 10.1. The number of hydrogen-bond acceptors (Lipinski definition) is 5. The van der Waals surface area contributed by atoms with Crippen molar-refractivity contribution in [1.82, 2.24) is 25.1 Å². The van der Waals surface area contributed by atoms with Crippen molar-refractivity contribution in [3.05, 3.63) is 41.5 Å². The molecule has 8 nitrogen and oxygen atoms in total. The summed E-state index contributed by atoms with van der Waals surface area (Å²) in [5.74, 6) is 0.948. The van der Waals surface area contributed by atoms with Crippen LogP contribution in [0.4, 0.5) is 5.69 Å². The number of fused-ring (bicyclic) bond motifs is 1. The van der Waals surface area contributed by atoms with Crippen LogP contribution >= 0.6 is 0 Å². The number of nitrogens with zero attached hydrogens (tertiary/aromatic N) is 3. The van der Waals surface area contributed by atoms with E-state index in [1.54, 1.807) is 6.07 Å². The molecule has 136 valence electrons. The van der Waals surface area contributed by atoms with Crippen molar-refractivity contribution < 1.29 is 9.53 Å². The number of benzene rings is 1. The number of imidazole rings is 1. The van der Waals surface area contributed by atoms with Crippen LogP contribution in [-0.2, 0) is 11.3 Å². The van der Waals surface area contributed by atoms with E-state index in [4.69, 9.17) is 4.74 Å². The minimum Gasteiger partial charge on any atom is -0.381 e. The van der Waals surface area contributed by atoms with Crippen LogP contribution < -0.4 is 5.32 Å². The summed E-state index contributed by atoms with van der Waals surface area (Å²) in [4.78, 5) is 22.3. The predicted octanol–water partition coefficient (Wildman–Crippen LogP) is 2.10. The summed E-state index contributed by atoms with van der Waals surface area (Å²) in [6, 6.07) is 7.43. The van der Waals surface area contributed by atoms with Gasteiger partial charge in [0.05, 0.1) is 24.2 Å². The maximum absolute atomic E-state index is 12.5. The molecular formula is C18H22N6O2. The van der Waals surface area contributed by atoms with E-state index in [1.165, 1.54) is 0 Å². The number of amides is 1. The topological polar surface area (TPSA) is 98.9 Å². The van der Waals surface area contributed by atoms with Crippen LogP contribution in [0.2, 0.25) is 0 Å². The first-order valence-electron chi connectivity index (χ1n) is 8.66. The van der Waals surface area contributed by atoms with Crippen LogP contribution in [0.3, 0.4) is 0 Å². The first-order valence-corrected chi connectivity index (χ1v) is 8.66. The van der Waals surface area contributed by atoms with Crippen molar-refractivity contribution in [3.8, 4) is 0 Å². The smallest absolute Gasteiger partial charge is 0.276 e. The third-order valence-electron chi connectivity index (χ3n) is 4.45. The fourth-order valence-corrected chi connectivity index (χ4v) is 3.15. The molecule has 1 unspecified atom stereocenters. The monoisotopic (exact) mass is 354 g/mol. The average molecular weight is 354 g/mol. The second kappa shape index (κ2) is 6.89. The van der Waals surface area contributed by atoms with Crippen LogP contribution in [0, 0.1) is 0 Å². The molecule has 4 rings (SSSR count). The lowest BCUT2D eigenvalue weighted by Gasteiger charge is -2.05. The normalized spacial score (nSPS) is 17.3. The van der Waals surface area contributed by atoms with E-state index in [1.807, 2.05) is 37.2 Å². The van der Waals surface area contributed by atoms with E-state index in [2.05, 4.69) is 25.5 Å². The maximum Gasteiger partial charge on any atom is 0.276 e. The molecule has 1 atom stereocenters. The van der Waals surface area contributed by atoms with Crippen molar-refractivity contribution in [2.75, 3.05) is 32.6 Å². The van der Waals surface area contributed by atoms with E-state index in [9.17, 15) is 4.79 Å². The van der Waals surface area contributed by atoms with Crippen LogP contribution in [0.25, 0.3) is 11.0 Å². The Bertz CT molecular complexity index is 923. The number of aromatic amines is 2. The molecule has 2 aromatic heterocycles. The van der Waals surface area contributed by atoms with Gasteiger partial charge in [-0.25, -0.2) is 4.98 Å². The first kappa shape index (κ1) is 16.7. The van der Waals surface area contributed by atoms with Gasteiger partial charge in [0.1, 0.15) is 5.82 Å². The summed E-state index contributed by atoms with van der Waals surface area (Å²) in [6.07, 6.45) is 0.953. The molecule has 3 N–H and O–H groups in total. The van der Waals surface area contributed by atoms with Gasteiger partial charge in [0, 0.05) is 23.9 Å². The highest BCUT2D eigenvalue weighted by molar-refractivity contribution is 6.03. The fraction of sp³-hybridized carbons (Fsp3) is 0.389. The third kappa shape index (κ3) is 3.47. The summed E-state index contributed by atoms with van der Waals surface area (Å²) in [6.45, 7) is 2.16. The number of hydrogen-bond donors (Lipinski definition) is 3. The Labute approximate surface area is 150 Å². The van der Waals surface area contributed by atoms with Crippen molar-refractivity contribution in [3.63, 3.8) is 0 Å². The molecule has 0 saturated carbocycles. The molecule has 3 aromatic rings. The van der Waals surface area contributed by atoms with Gasteiger partial charge >= 0.3 is 0 Å². The number of rotatable bonds is 5. The van der Waals surface area contributed by atoms with Gasteiger partial charge in [0.25, 0.3) is 5.91 Å². The number of anilines is 1. The Balaban J connectivity index is 1.48. The van der Waals surface area contributed by atoms with E-state index in [-0.39, 0.29) is 5.91 Å². The molecule has 1 fully saturated rings. The SMILES string of the molecule is CN(C)Cc1nc2ccc(NC(=O)c3cc(C4CCOC4)[nH]n3)cc2[nH]1. The highest BCUT2D eigenvalue weighted by Crippen LogP contribution is 2.24. The molecule has 1 saturated heterocycles. The second-order valence-electron chi connectivity index (χ2n) is 6.88. The Kier molecular flexibility index (Phi) is 4.44. The largest absolute Gasteiger partial charge is 0.381 e. The van der Waals surface area contributed by atoms with Crippen molar-refractivity contribution in [2.24, 2.45) is 0 Å². The maximum atomic E-state index is 12.5. The van der Waals surface area contributed by atoms with Gasteiger partial charge in [-0.3, -0.25) is 9.89 Å². The molecule has 1 aliphatic heterocycles. The van der Waals surface area contributed by atoms with Crippen LogP contribution in [-0.4, -0.2) is 58.3 Å². The summed E-state index contributed by atoms with van der Waals surface area (Å²) in [5.41, 5.74) is 3.81. The highest BCUT2D eigenvalue weighted by Gasteiger charge is 2.21. The average Bonchev–Trinajstić information content (AvgIpc) is 3.33. The van der Waals surface area contributed by atoms with Gasteiger partial charge in [0.15, 0.2) is 5.69 Å². The van der Waals surface area contributed by atoms with Crippen LogP contribution in [0.5, 0.6) is 0 Å². The van der Waals surface area contributed by atoms with E-state index < -0.39 is 0 Å². The zero-order valence-electron chi connectivity index (χ0n) is 14.9. The van der Waals surface area contributed by atoms with Gasteiger partial charge in [-0.1, -0.05) is 0 Å². The molecule has 1 aliphatic rings. The van der Waals surface area contributed by atoms with Crippen molar-refractivity contribution in [2.45, 2.75) is 18.9 Å². The Morgan fingerprint density at radius 3 is 3.04 bits per heavy atom. The lowest BCUT2D eigenvalue weighted by molar-refractivity contribution is 0.102. The van der Waals surface area contributed by atoms with E-state index in [0.29, 0.717) is 23.9 Å². The summed E-state index contributed by atoms with van der Waals surface area (Å²) in [7, 11) is 3.99.